The van der Waals surface area contributed by atoms with E-state index in [1.165, 1.54) is 31.4 Å². The number of nitrogens with zero attached hydrogens (tertiary/aromatic N) is 1. The third-order valence-corrected chi connectivity index (χ3v) is 2.26. The van der Waals surface area contributed by atoms with Crippen molar-refractivity contribution in [3.63, 3.8) is 0 Å². The van der Waals surface area contributed by atoms with Gasteiger partial charge in [0.05, 0.1) is 12.8 Å². The van der Waals surface area contributed by atoms with Crippen LogP contribution in [-0.4, -0.2) is 18.2 Å². The Kier molecular flexibility index (Phi) is 3.27. The predicted molar refractivity (Wildman–Crippen MR) is 62.1 cm³/mol. The molecule has 0 aliphatic rings. The minimum absolute atomic E-state index is 0.0729. The molecule has 0 radical (unpaired) electrons. The summed E-state index contributed by atoms with van der Waals surface area (Å²) < 4.78 is 23.0. The predicted octanol–water partition coefficient (Wildman–Crippen LogP) is 2.38. The maximum atomic E-state index is 13.4. The van der Waals surface area contributed by atoms with Crippen LogP contribution in [-0.2, 0) is 0 Å². The molecule has 5 nitrogen and oxygen atoms in total. The van der Waals surface area contributed by atoms with Gasteiger partial charge in [-0.3, -0.25) is 4.79 Å². The first-order valence-corrected chi connectivity index (χ1v) is 5.18. The Hall–Kier alpha value is -2.37. The van der Waals surface area contributed by atoms with Gasteiger partial charge in [0.1, 0.15) is 0 Å². The van der Waals surface area contributed by atoms with Crippen LogP contribution in [0.4, 0.5) is 10.1 Å². The number of halogens is 1. The van der Waals surface area contributed by atoms with E-state index in [-0.39, 0.29) is 11.5 Å². The number of amides is 1. The van der Waals surface area contributed by atoms with Gasteiger partial charge in [0.2, 0.25) is 5.76 Å². The second-order valence-corrected chi connectivity index (χ2v) is 3.64. The number of aryl methyl sites for hydroxylation is 1. The summed E-state index contributed by atoms with van der Waals surface area (Å²) in [6.07, 6.45) is 0. The van der Waals surface area contributed by atoms with Crippen LogP contribution < -0.4 is 10.1 Å². The third kappa shape index (κ3) is 2.48. The van der Waals surface area contributed by atoms with Crippen molar-refractivity contribution in [1.82, 2.24) is 5.16 Å². The van der Waals surface area contributed by atoms with Crippen molar-refractivity contribution >= 4 is 11.6 Å². The molecule has 0 saturated carbocycles. The molecule has 2 rings (SSSR count). The number of ether oxygens (including phenoxy) is 1. The molecule has 0 atom stereocenters. The number of benzene rings is 1. The lowest BCUT2D eigenvalue weighted by Crippen LogP contribution is -2.11. The monoisotopic (exact) mass is 250 g/mol. The quantitative estimate of drug-likeness (QED) is 0.908. The van der Waals surface area contributed by atoms with Crippen molar-refractivity contribution < 1.29 is 18.4 Å². The second-order valence-electron chi connectivity index (χ2n) is 3.64. The first-order chi connectivity index (χ1) is 8.60. The van der Waals surface area contributed by atoms with E-state index in [1.807, 2.05) is 0 Å². The van der Waals surface area contributed by atoms with Gasteiger partial charge in [-0.15, -0.1) is 0 Å². The largest absolute Gasteiger partial charge is 0.494 e. The molecule has 1 amide bonds. The Morgan fingerprint density at radius 1 is 1.44 bits per heavy atom. The molecular formula is C12H11FN2O3. The Bertz CT molecular complexity index is 580. The summed E-state index contributed by atoms with van der Waals surface area (Å²) in [7, 11) is 1.37. The van der Waals surface area contributed by atoms with Gasteiger partial charge in [-0.25, -0.2) is 4.39 Å². The van der Waals surface area contributed by atoms with Gasteiger partial charge in [0, 0.05) is 17.8 Å². The third-order valence-electron chi connectivity index (χ3n) is 2.26. The number of methoxy groups -OCH3 is 1. The summed E-state index contributed by atoms with van der Waals surface area (Å²) >= 11 is 0. The first-order valence-electron chi connectivity index (χ1n) is 5.18. The molecule has 0 saturated heterocycles. The van der Waals surface area contributed by atoms with E-state index in [0.717, 1.165) is 0 Å². The van der Waals surface area contributed by atoms with Gasteiger partial charge in [0.25, 0.3) is 5.91 Å². The molecule has 1 aromatic heterocycles. The van der Waals surface area contributed by atoms with Crippen LogP contribution in [0.1, 0.15) is 16.2 Å². The average Bonchev–Trinajstić information content (AvgIpc) is 2.76. The van der Waals surface area contributed by atoms with Crippen molar-refractivity contribution in [2.24, 2.45) is 0 Å². The smallest absolute Gasteiger partial charge is 0.294 e. The van der Waals surface area contributed by atoms with Crippen molar-refractivity contribution in [2.75, 3.05) is 12.4 Å². The van der Waals surface area contributed by atoms with E-state index in [2.05, 4.69) is 10.5 Å². The molecule has 94 valence electrons. The maximum Gasteiger partial charge on any atom is 0.294 e. The normalized spacial score (nSPS) is 10.2. The van der Waals surface area contributed by atoms with E-state index in [4.69, 9.17) is 9.26 Å². The molecule has 6 heteroatoms. The number of hydrogen-bond acceptors (Lipinski definition) is 4. The Morgan fingerprint density at radius 2 is 2.22 bits per heavy atom. The highest BCUT2D eigenvalue weighted by Gasteiger charge is 2.12. The van der Waals surface area contributed by atoms with E-state index in [0.29, 0.717) is 11.4 Å². The van der Waals surface area contributed by atoms with Crippen LogP contribution in [0.25, 0.3) is 0 Å². The average molecular weight is 250 g/mol. The zero-order chi connectivity index (χ0) is 13.1. The zero-order valence-electron chi connectivity index (χ0n) is 9.86. The van der Waals surface area contributed by atoms with Crippen LogP contribution in [0.3, 0.4) is 0 Å². The fraction of sp³-hybridized carbons (Fsp3) is 0.167. The van der Waals surface area contributed by atoms with E-state index in [9.17, 15) is 9.18 Å². The van der Waals surface area contributed by atoms with Gasteiger partial charge in [-0.05, 0) is 19.1 Å². The Labute approximate surface area is 103 Å². The van der Waals surface area contributed by atoms with Gasteiger partial charge in [-0.1, -0.05) is 5.16 Å². The molecule has 0 aliphatic carbocycles. The van der Waals surface area contributed by atoms with Crippen molar-refractivity contribution in [3.8, 4) is 5.75 Å². The highest BCUT2D eigenvalue weighted by molar-refractivity contribution is 6.02. The topological polar surface area (TPSA) is 64.4 Å². The van der Waals surface area contributed by atoms with E-state index in [1.54, 1.807) is 6.92 Å². The number of anilines is 1. The van der Waals surface area contributed by atoms with Crippen LogP contribution in [0, 0.1) is 12.7 Å². The lowest BCUT2D eigenvalue weighted by Gasteiger charge is -2.05. The fourth-order valence-corrected chi connectivity index (χ4v) is 1.41. The van der Waals surface area contributed by atoms with E-state index < -0.39 is 11.7 Å². The molecule has 0 bridgehead atoms. The van der Waals surface area contributed by atoms with Gasteiger partial charge < -0.3 is 14.6 Å². The van der Waals surface area contributed by atoms with Crippen molar-refractivity contribution in [1.29, 1.82) is 0 Å². The number of carbonyl (C=O) groups is 1. The Balaban J connectivity index is 2.14. The molecule has 1 N–H and O–H groups in total. The summed E-state index contributed by atoms with van der Waals surface area (Å²) in [5.74, 6) is -0.851. The summed E-state index contributed by atoms with van der Waals surface area (Å²) in [5.41, 5.74) is 0.911. The highest BCUT2D eigenvalue weighted by Crippen LogP contribution is 2.21. The summed E-state index contributed by atoms with van der Waals surface area (Å²) in [6.45, 7) is 1.70. The van der Waals surface area contributed by atoms with Gasteiger partial charge >= 0.3 is 0 Å². The molecule has 0 aliphatic heterocycles. The highest BCUT2D eigenvalue weighted by atomic mass is 19.1. The van der Waals surface area contributed by atoms with Crippen LogP contribution in [0.2, 0.25) is 0 Å². The molecule has 1 aromatic carbocycles. The number of nitrogens with one attached hydrogen (secondary N) is 1. The van der Waals surface area contributed by atoms with Gasteiger partial charge in [-0.2, -0.15) is 0 Å². The number of carbonyl (C=O) groups excluding carboxylic acids is 1. The molecule has 2 aromatic rings. The lowest BCUT2D eigenvalue weighted by atomic mass is 10.2. The molecule has 0 fully saturated rings. The molecular weight excluding hydrogens is 239 g/mol. The minimum atomic E-state index is -0.552. The Morgan fingerprint density at radius 3 is 2.78 bits per heavy atom. The summed E-state index contributed by atoms with van der Waals surface area (Å²) in [4.78, 5) is 11.7. The summed E-state index contributed by atoms with van der Waals surface area (Å²) in [5, 5.41) is 6.09. The number of aromatic nitrogens is 1. The molecule has 18 heavy (non-hydrogen) atoms. The number of hydrogen-bond donors (Lipinski definition) is 1. The van der Waals surface area contributed by atoms with Crippen LogP contribution in [0.5, 0.6) is 5.75 Å². The van der Waals surface area contributed by atoms with E-state index >= 15 is 0 Å². The van der Waals surface area contributed by atoms with Crippen LogP contribution in [0.15, 0.2) is 28.8 Å². The van der Waals surface area contributed by atoms with Crippen molar-refractivity contribution in [2.45, 2.75) is 6.92 Å². The molecule has 1 heterocycles. The molecule has 0 unspecified atom stereocenters. The number of rotatable bonds is 3. The standard InChI is InChI=1S/C12H11FN2O3/c1-7-5-11(18-15-7)12(16)14-8-3-4-10(17-2)9(13)6-8/h3-6H,1-2H3,(H,14,16). The second kappa shape index (κ2) is 4.87. The van der Waals surface area contributed by atoms with Crippen molar-refractivity contribution in [3.05, 3.63) is 41.5 Å². The SMILES string of the molecule is COc1ccc(NC(=O)c2cc(C)no2)cc1F. The minimum Gasteiger partial charge on any atom is -0.494 e. The van der Waals surface area contributed by atoms with Crippen LogP contribution >= 0.6 is 0 Å². The lowest BCUT2D eigenvalue weighted by molar-refractivity contribution is 0.0988. The zero-order valence-corrected chi connectivity index (χ0v) is 9.86. The fourth-order valence-electron chi connectivity index (χ4n) is 1.41. The maximum absolute atomic E-state index is 13.4. The summed E-state index contributed by atoms with van der Waals surface area (Å²) in [6, 6.07) is 5.62. The molecule has 0 spiro atoms. The van der Waals surface area contributed by atoms with Gasteiger partial charge in [0.15, 0.2) is 11.6 Å². The first kappa shape index (κ1) is 12.1.